The Labute approximate surface area is 744 Å². The van der Waals surface area contributed by atoms with Crippen molar-refractivity contribution in [2.45, 2.75) is 604 Å². The van der Waals surface area contributed by atoms with Crippen LogP contribution in [0.4, 0.5) is 0 Å². The molecule has 2 aromatic carbocycles. The molecule has 0 saturated carbocycles. The molecule has 117 heavy (non-hydrogen) atoms. The first kappa shape index (κ1) is 111. The first-order valence-electron chi connectivity index (χ1n) is 54.0. The molecular weight excluding hydrogens is 1500 g/mol. The van der Waals surface area contributed by atoms with E-state index < -0.39 is 0 Å². The Balaban J connectivity index is 0.000000998. The maximum atomic E-state index is 12.3. The van der Waals surface area contributed by atoms with Crippen LogP contribution in [0.3, 0.4) is 0 Å². The molecule has 3 rings (SSSR count). The number of hydrogen-bond acceptors (Lipinski definition) is 0. The van der Waals surface area contributed by atoms with Crippen molar-refractivity contribution in [2.75, 3.05) is 0 Å². The summed E-state index contributed by atoms with van der Waals surface area (Å²) in [5.41, 5.74) is 23.1. The Morgan fingerprint density at radius 1 is 0.231 bits per heavy atom. The standard InChI is InChI=1S/C76H128N2.2C19H39.Pd/c1-6-11-16-18-20-22-24-26-28-30-32-34-36-38-40-42-44-46-48-50-52-54-58-70-62-71(59-55-53-51-49-47-45-43-41-39-37-35-33-31-29-27-25-23-21-19-17-12-7-2)64-73(63-70)75-67-72(60-15-10-5)76(78(75)77)74-65-68(56-13-8-3)61-69(66-74)57-14-9-4;2*1-3-5-7-9-11-13-15-17-19-18-16-14-12-10-8-6-4-2;/h54-55,58-59,61-67H,6-53,56-57,60H2,1-5H3;2*1,3-19H2,2H3;. The van der Waals surface area contributed by atoms with Crippen LogP contribution in [-0.2, 0) is 30.8 Å². The molecule has 0 fully saturated rings. The Hall–Kier alpha value is -2.34. The molecule has 0 radical (unpaired) electrons. The third-order valence-electron chi connectivity index (χ3n) is 25.8. The number of allylic oxidation sites excluding steroid dienone is 4. The van der Waals surface area contributed by atoms with Gasteiger partial charge in [0, 0.05) is 22.8 Å². The van der Waals surface area contributed by atoms with Crippen molar-refractivity contribution in [3.8, 4) is 0 Å². The topological polar surface area (TPSA) is 25.3 Å². The fourth-order valence-corrected chi connectivity index (χ4v) is 19.9. The molecule has 0 aromatic heterocycles. The molecule has 0 spiro atoms. The van der Waals surface area contributed by atoms with Gasteiger partial charge in [-0.2, -0.15) is 0 Å². The summed E-state index contributed by atoms with van der Waals surface area (Å²) >= 11 is 1.06. The number of nitrogens with zero attached hydrogens (tertiary/aromatic N) is 2. The van der Waals surface area contributed by atoms with Crippen LogP contribution in [-0.4, -0.2) is 4.70 Å². The summed E-state index contributed by atoms with van der Waals surface area (Å²) in [4.78, 5) is 3.09. The van der Waals surface area contributed by atoms with Gasteiger partial charge in [-0.1, -0.05) is 419 Å². The minimum atomic E-state index is 0.915. The maximum absolute atomic E-state index is 12.3. The van der Waals surface area contributed by atoms with Gasteiger partial charge in [0.1, 0.15) is 0 Å². The zero-order valence-corrected chi connectivity index (χ0v) is 82.1. The number of rotatable bonds is 91. The zero-order chi connectivity index (χ0) is 83.8. The van der Waals surface area contributed by atoms with E-state index >= 15 is 0 Å². The Morgan fingerprint density at radius 2 is 0.453 bits per heavy atom. The monoisotopic (exact) mass is 1710 g/mol. The second-order valence-corrected chi connectivity index (χ2v) is 39.9. The molecule has 2 nitrogen and oxygen atoms in total. The third kappa shape index (κ3) is 70.6. The molecule has 2 aromatic rings. The molecule has 0 aliphatic carbocycles. The molecule has 0 bridgehead atoms. The molecule has 1 heterocycles. The third-order valence-corrected chi connectivity index (χ3v) is 28.0. The zero-order valence-electron chi connectivity index (χ0n) is 80.6. The van der Waals surface area contributed by atoms with Gasteiger partial charge in [0.15, 0.2) is 0 Å². The van der Waals surface area contributed by atoms with Crippen molar-refractivity contribution in [2.24, 2.45) is 0 Å². The van der Waals surface area contributed by atoms with E-state index in [9.17, 15) is 5.53 Å². The fraction of sp³-hybridized carbons (Fsp3) is 0.825. The van der Waals surface area contributed by atoms with E-state index in [1.165, 1.54) is 534 Å². The van der Waals surface area contributed by atoms with E-state index in [0.717, 1.165) is 79.9 Å². The van der Waals surface area contributed by atoms with Gasteiger partial charge in [-0.3, -0.25) is 0 Å². The average Bonchev–Trinajstić information content (AvgIpc) is 1.63. The smallest absolute Gasteiger partial charge is 0.0654 e. The number of aryl methyl sites for hydroxylation is 2. The van der Waals surface area contributed by atoms with E-state index in [-0.39, 0.29) is 0 Å². The van der Waals surface area contributed by atoms with Gasteiger partial charge in [-0.25, -0.2) is 4.70 Å². The van der Waals surface area contributed by atoms with Crippen molar-refractivity contribution in [3.63, 3.8) is 0 Å². The molecular formula is C114H206N2Pd. The van der Waals surface area contributed by atoms with Gasteiger partial charge < -0.3 is 5.53 Å². The molecule has 682 valence electrons. The Morgan fingerprint density at radius 3 is 0.701 bits per heavy atom. The van der Waals surface area contributed by atoms with Crippen LogP contribution in [0.2, 0.25) is 9.79 Å². The predicted molar refractivity (Wildman–Crippen MR) is 529 cm³/mol. The van der Waals surface area contributed by atoms with Crippen molar-refractivity contribution >= 4 is 23.5 Å². The number of unbranched alkanes of at least 4 members (excludes halogenated alkanes) is 75. The summed E-state index contributed by atoms with van der Waals surface area (Å²) < 4.78 is 1.56. The SMILES string of the molecule is CCCCCCCCCCCCCCCCCCCCCCC=Cc1cc(C=CCCCCCCCCCCCCCCCCCCCCCC)cc(C2=CC(CCCC)=C(c3cc(CCCC)cc(CCCC)c3)[N+]2=[N-])c1.CCCCCCCCCCCCCCCCCC[CH2][Pd][CH2]CCCCCCCCCCCCCCCCCC. The molecule has 1 aliphatic heterocycles. The molecule has 3 heteroatoms. The van der Waals surface area contributed by atoms with Gasteiger partial charge in [-0.15, -0.1) is 0 Å². The summed E-state index contributed by atoms with van der Waals surface area (Å²) in [6.07, 6.45) is 132. The van der Waals surface area contributed by atoms with Crippen LogP contribution >= 0.6 is 0 Å². The number of hydrogen-bond donors (Lipinski definition) is 0. The van der Waals surface area contributed by atoms with Crippen LogP contribution in [0.25, 0.3) is 29.1 Å². The first-order valence-corrected chi connectivity index (χ1v) is 56.2. The second kappa shape index (κ2) is 89.9. The van der Waals surface area contributed by atoms with Crippen LogP contribution < -0.4 is 0 Å². The summed E-state index contributed by atoms with van der Waals surface area (Å²) in [5.74, 6) is 0. The fourth-order valence-electron chi connectivity index (χ4n) is 17.9. The summed E-state index contributed by atoms with van der Waals surface area (Å²) in [5, 5.41) is 0. The summed E-state index contributed by atoms with van der Waals surface area (Å²) in [6, 6.07) is 14.2. The van der Waals surface area contributed by atoms with E-state index in [1.807, 2.05) is 0 Å². The van der Waals surface area contributed by atoms with Crippen molar-refractivity contribution in [1.29, 1.82) is 0 Å². The van der Waals surface area contributed by atoms with E-state index in [1.54, 1.807) is 14.5 Å². The van der Waals surface area contributed by atoms with Crippen molar-refractivity contribution in [1.82, 2.24) is 0 Å². The van der Waals surface area contributed by atoms with Crippen LogP contribution in [0, 0.1) is 0 Å². The van der Waals surface area contributed by atoms with E-state index in [2.05, 4.69) is 115 Å². The van der Waals surface area contributed by atoms with E-state index in [0.29, 0.717) is 0 Å². The normalized spacial score (nSPS) is 12.5. The van der Waals surface area contributed by atoms with Gasteiger partial charge in [0.05, 0.1) is 0 Å². The molecule has 1 aliphatic rings. The number of benzene rings is 2. The minimum absolute atomic E-state index is 0.915. The van der Waals surface area contributed by atoms with Gasteiger partial charge in [0.25, 0.3) is 0 Å². The minimum Gasteiger partial charge on any atom is -0.0654 e. The van der Waals surface area contributed by atoms with Gasteiger partial charge >= 0.3 is 169 Å². The second-order valence-electron chi connectivity index (χ2n) is 37.6. The van der Waals surface area contributed by atoms with Crippen LogP contribution in [0.5, 0.6) is 0 Å². The molecule has 0 atom stereocenters. The molecule has 0 N–H and O–H groups in total. The predicted octanol–water partition coefficient (Wildman–Crippen LogP) is 42.0. The summed E-state index contributed by atoms with van der Waals surface area (Å²) in [7, 11) is 0. The Bertz CT molecular complexity index is 2390. The van der Waals surface area contributed by atoms with Crippen LogP contribution in [0.15, 0.2) is 60.2 Å². The Kier molecular flexibility index (Phi) is 85.1. The van der Waals surface area contributed by atoms with Crippen molar-refractivity contribution in [3.05, 3.63) is 99.1 Å². The van der Waals surface area contributed by atoms with Crippen LogP contribution in [0.1, 0.15) is 615 Å². The van der Waals surface area contributed by atoms with Gasteiger partial charge in [-0.05, 0) is 117 Å². The quantitative estimate of drug-likeness (QED) is 0.0358. The summed E-state index contributed by atoms with van der Waals surface area (Å²) in [6.45, 7) is 16.1. The average molecular weight is 1710 g/mol. The van der Waals surface area contributed by atoms with Crippen molar-refractivity contribution < 1.29 is 22.7 Å². The molecule has 0 unspecified atom stereocenters. The van der Waals surface area contributed by atoms with Gasteiger partial charge in [0.2, 0.25) is 11.4 Å². The molecule has 0 saturated heterocycles. The first-order chi connectivity index (χ1) is 58.0. The molecule has 0 amide bonds. The van der Waals surface area contributed by atoms with E-state index in [4.69, 9.17) is 0 Å².